The van der Waals surface area contributed by atoms with E-state index in [9.17, 15) is 14.3 Å². The molecule has 0 amide bonds. The molecular weight excluding hydrogens is 649 g/mol. The Morgan fingerprint density at radius 1 is 0.620 bits per heavy atom. The van der Waals surface area contributed by atoms with E-state index < -0.39 is 13.9 Å². The molecule has 0 aliphatic carbocycles. The number of ether oxygens (including phenoxy) is 2. The summed E-state index contributed by atoms with van der Waals surface area (Å²) < 4.78 is 34.4. The number of quaternary nitrogens is 1. The van der Waals surface area contributed by atoms with E-state index in [0.717, 1.165) is 38.5 Å². The Bertz CT molecular complexity index is 858. The molecule has 8 nitrogen and oxygen atoms in total. The molecule has 0 aromatic heterocycles. The number of rotatable bonds is 38. The molecule has 296 valence electrons. The van der Waals surface area contributed by atoms with Crippen molar-refractivity contribution in [2.45, 2.75) is 180 Å². The standard InChI is InChI=1S/C41H80NO7P/c1-6-8-10-12-14-16-17-18-19-20-21-22-23-24-25-26-28-30-32-34-41(43)49-40(39-48-50(44,45)47-37-35-42(3,4)5)38-46-36-33-31-29-27-15-13-11-9-7-2/h14,16,18-19,40H,6-13,15,17,20-39H2,1-5H3/b16-14-,19-18-. The number of esters is 1. The van der Waals surface area contributed by atoms with Crippen molar-refractivity contribution < 1.29 is 37.3 Å². The first kappa shape index (κ1) is 49.0. The van der Waals surface area contributed by atoms with Gasteiger partial charge in [-0.2, -0.15) is 0 Å². The molecule has 0 aromatic carbocycles. The summed E-state index contributed by atoms with van der Waals surface area (Å²) in [5.41, 5.74) is 0. The summed E-state index contributed by atoms with van der Waals surface area (Å²) in [6, 6.07) is 0. The molecule has 0 bridgehead atoms. The van der Waals surface area contributed by atoms with Crippen molar-refractivity contribution in [3.05, 3.63) is 24.3 Å². The summed E-state index contributed by atoms with van der Waals surface area (Å²) >= 11 is 0. The van der Waals surface area contributed by atoms with Gasteiger partial charge in [0.25, 0.3) is 7.82 Å². The lowest BCUT2D eigenvalue weighted by molar-refractivity contribution is -0.870. The van der Waals surface area contributed by atoms with Gasteiger partial charge in [-0.1, -0.05) is 147 Å². The Kier molecular flexibility index (Phi) is 34.3. The second-order valence-corrected chi connectivity index (χ2v) is 16.4. The first-order valence-electron chi connectivity index (χ1n) is 20.6. The van der Waals surface area contributed by atoms with E-state index in [1.165, 1.54) is 116 Å². The van der Waals surface area contributed by atoms with E-state index in [4.69, 9.17) is 18.5 Å². The molecule has 0 radical (unpaired) electrons. The molecule has 0 fully saturated rings. The van der Waals surface area contributed by atoms with Gasteiger partial charge in [0.2, 0.25) is 0 Å². The summed E-state index contributed by atoms with van der Waals surface area (Å²) in [6.45, 7) is 5.38. The van der Waals surface area contributed by atoms with E-state index in [1.807, 2.05) is 21.1 Å². The average Bonchev–Trinajstić information content (AvgIpc) is 3.06. The minimum Gasteiger partial charge on any atom is -0.756 e. The maximum atomic E-state index is 12.6. The zero-order chi connectivity index (χ0) is 37.0. The van der Waals surface area contributed by atoms with E-state index in [-0.39, 0.29) is 25.8 Å². The summed E-state index contributed by atoms with van der Waals surface area (Å²) in [5, 5.41) is 0. The molecule has 2 unspecified atom stereocenters. The Morgan fingerprint density at radius 2 is 1.10 bits per heavy atom. The van der Waals surface area contributed by atoms with Crippen molar-refractivity contribution in [3.8, 4) is 0 Å². The molecular formula is C41H80NO7P. The first-order chi connectivity index (χ1) is 24.1. The highest BCUT2D eigenvalue weighted by molar-refractivity contribution is 7.45. The van der Waals surface area contributed by atoms with E-state index in [1.54, 1.807) is 0 Å². The topological polar surface area (TPSA) is 94.1 Å². The Hall–Kier alpha value is -1.02. The number of phosphoric acid groups is 1. The maximum Gasteiger partial charge on any atom is 0.306 e. The van der Waals surface area contributed by atoms with Crippen LogP contribution in [0.4, 0.5) is 0 Å². The molecule has 0 heterocycles. The molecule has 50 heavy (non-hydrogen) atoms. The monoisotopic (exact) mass is 730 g/mol. The van der Waals surface area contributed by atoms with Crippen LogP contribution >= 0.6 is 7.82 Å². The molecule has 9 heteroatoms. The lowest BCUT2D eigenvalue weighted by Gasteiger charge is -2.28. The van der Waals surface area contributed by atoms with Gasteiger partial charge in [-0.3, -0.25) is 9.36 Å². The molecule has 0 aliphatic rings. The van der Waals surface area contributed by atoms with E-state index >= 15 is 0 Å². The van der Waals surface area contributed by atoms with Crippen LogP contribution < -0.4 is 4.89 Å². The van der Waals surface area contributed by atoms with Crippen LogP contribution in [0.2, 0.25) is 0 Å². The third-order valence-electron chi connectivity index (χ3n) is 8.76. The third kappa shape index (κ3) is 38.2. The number of hydrogen-bond donors (Lipinski definition) is 0. The first-order valence-corrected chi connectivity index (χ1v) is 22.0. The Labute approximate surface area is 309 Å². The number of phosphoric ester groups is 1. The van der Waals surface area contributed by atoms with Gasteiger partial charge in [-0.15, -0.1) is 0 Å². The average molecular weight is 730 g/mol. The van der Waals surface area contributed by atoms with Gasteiger partial charge in [0.05, 0.1) is 34.4 Å². The van der Waals surface area contributed by atoms with Gasteiger partial charge in [-0.25, -0.2) is 0 Å². The second-order valence-electron chi connectivity index (χ2n) is 15.0. The van der Waals surface area contributed by atoms with Crippen LogP contribution in [-0.2, 0) is 27.9 Å². The summed E-state index contributed by atoms with van der Waals surface area (Å²) in [4.78, 5) is 24.9. The fourth-order valence-electron chi connectivity index (χ4n) is 5.52. The fraction of sp³-hybridized carbons (Fsp3) is 0.878. The van der Waals surface area contributed by atoms with Gasteiger partial charge in [0.15, 0.2) is 0 Å². The van der Waals surface area contributed by atoms with Gasteiger partial charge in [-0.05, 0) is 44.9 Å². The lowest BCUT2D eigenvalue weighted by atomic mass is 10.1. The van der Waals surface area contributed by atoms with Crippen LogP contribution in [0.15, 0.2) is 24.3 Å². The predicted molar refractivity (Wildman–Crippen MR) is 208 cm³/mol. The van der Waals surface area contributed by atoms with Crippen LogP contribution in [0.25, 0.3) is 0 Å². The molecule has 0 N–H and O–H groups in total. The summed E-state index contributed by atoms with van der Waals surface area (Å²) in [6.07, 6.45) is 37.5. The molecule has 0 rings (SSSR count). The quantitative estimate of drug-likeness (QED) is 0.0205. The SMILES string of the molecule is CCCCC/C=C\C/C=C\CCCCCCCCCCCC(=O)OC(COCCCCCCCCCCC)COP(=O)([O-])OCC[N+](C)(C)C. The number of likely N-dealkylation sites (N-methyl/N-ethyl adjacent to an activating group) is 1. The zero-order valence-corrected chi connectivity index (χ0v) is 34.2. The largest absolute Gasteiger partial charge is 0.756 e. The molecule has 0 aromatic rings. The van der Waals surface area contributed by atoms with Crippen molar-refractivity contribution in [1.82, 2.24) is 0 Å². The third-order valence-corrected chi connectivity index (χ3v) is 9.72. The van der Waals surface area contributed by atoms with Crippen molar-refractivity contribution >= 4 is 13.8 Å². The minimum absolute atomic E-state index is 0.0268. The van der Waals surface area contributed by atoms with Crippen LogP contribution in [0.3, 0.4) is 0 Å². The predicted octanol–water partition coefficient (Wildman–Crippen LogP) is 11.0. The van der Waals surface area contributed by atoms with E-state index in [0.29, 0.717) is 24.1 Å². The van der Waals surface area contributed by atoms with Crippen LogP contribution in [0, 0.1) is 0 Å². The fourth-order valence-corrected chi connectivity index (χ4v) is 6.25. The number of allylic oxidation sites excluding steroid dienone is 4. The Balaban J connectivity index is 4.18. The van der Waals surface area contributed by atoms with Crippen LogP contribution in [0.5, 0.6) is 0 Å². The highest BCUT2D eigenvalue weighted by Gasteiger charge is 2.20. The molecule has 2 atom stereocenters. The Morgan fingerprint density at radius 3 is 1.66 bits per heavy atom. The number of hydrogen-bond acceptors (Lipinski definition) is 7. The maximum absolute atomic E-state index is 12.6. The highest BCUT2D eigenvalue weighted by Crippen LogP contribution is 2.38. The molecule has 0 spiro atoms. The number of unbranched alkanes of at least 4 members (excludes halogenated alkanes) is 20. The van der Waals surface area contributed by atoms with Crippen molar-refractivity contribution in [2.75, 3.05) is 54.1 Å². The lowest BCUT2D eigenvalue weighted by Crippen LogP contribution is -2.37. The molecule has 0 saturated heterocycles. The van der Waals surface area contributed by atoms with Crippen LogP contribution in [-0.4, -0.2) is 70.7 Å². The van der Waals surface area contributed by atoms with Gasteiger partial charge in [0.1, 0.15) is 19.3 Å². The zero-order valence-electron chi connectivity index (χ0n) is 33.4. The number of carbonyl (C=O) groups excluding carboxylic acids is 1. The van der Waals surface area contributed by atoms with Crippen LogP contribution in [0.1, 0.15) is 174 Å². The van der Waals surface area contributed by atoms with Gasteiger partial charge >= 0.3 is 5.97 Å². The highest BCUT2D eigenvalue weighted by atomic mass is 31.2. The van der Waals surface area contributed by atoms with E-state index in [2.05, 4.69) is 38.2 Å². The normalized spacial score (nSPS) is 14.1. The number of carbonyl (C=O) groups is 1. The number of nitrogens with zero attached hydrogens (tertiary/aromatic N) is 1. The smallest absolute Gasteiger partial charge is 0.306 e. The van der Waals surface area contributed by atoms with Gasteiger partial charge < -0.3 is 27.9 Å². The molecule has 0 aliphatic heterocycles. The summed E-state index contributed by atoms with van der Waals surface area (Å²) in [5.74, 6) is -0.339. The summed E-state index contributed by atoms with van der Waals surface area (Å²) in [7, 11) is 1.36. The second kappa shape index (κ2) is 35.0. The molecule has 0 saturated carbocycles. The van der Waals surface area contributed by atoms with Crippen molar-refractivity contribution in [3.63, 3.8) is 0 Å². The minimum atomic E-state index is -4.51. The van der Waals surface area contributed by atoms with Crippen molar-refractivity contribution in [1.29, 1.82) is 0 Å². The van der Waals surface area contributed by atoms with Gasteiger partial charge in [0, 0.05) is 13.0 Å². The van der Waals surface area contributed by atoms with Crippen molar-refractivity contribution in [2.24, 2.45) is 0 Å².